The highest BCUT2D eigenvalue weighted by atomic mass is 32.2. The third-order valence-electron chi connectivity index (χ3n) is 4.12. The molecule has 1 aromatic carbocycles. The zero-order valence-electron chi connectivity index (χ0n) is 13.4. The van der Waals surface area contributed by atoms with E-state index in [1.807, 2.05) is 24.4 Å². The summed E-state index contributed by atoms with van der Waals surface area (Å²) in [5.74, 6) is 0.502. The number of nitrogens with one attached hydrogen (secondary N) is 1. The molecule has 1 N–H and O–H groups in total. The predicted octanol–water partition coefficient (Wildman–Crippen LogP) is 2.50. The first-order chi connectivity index (χ1) is 11.9. The van der Waals surface area contributed by atoms with Gasteiger partial charge in [-0.05, 0) is 24.8 Å². The maximum absolute atomic E-state index is 12.1. The van der Waals surface area contributed by atoms with Gasteiger partial charge in [-0.15, -0.1) is 22.7 Å². The van der Waals surface area contributed by atoms with Crippen LogP contribution in [0.5, 0.6) is 5.75 Å². The minimum Gasteiger partial charge on any atom is -0.483 e. The average Bonchev–Trinajstić information content (AvgIpc) is 3.22. The van der Waals surface area contributed by atoms with Crippen molar-refractivity contribution in [1.29, 1.82) is 0 Å². The third-order valence-corrected chi connectivity index (χ3v) is 7.73. The normalized spacial score (nSPS) is 19.5. The molecule has 0 radical (unpaired) electrons. The zero-order valence-corrected chi connectivity index (χ0v) is 15.9. The van der Waals surface area contributed by atoms with Crippen molar-refractivity contribution in [2.45, 2.75) is 19.4 Å². The second-order valence-corrected chi connectivity index (χ2v) is 10.5. The number of sulfone groups is 1. The number of aryl methyl sites for hydroxylation is 1. The molecule has 3 heterocycles. The summed E-state index contributed by atoms with van der Waals surface area (Å²) in [5.41, 5.74) is 0.973. The Morgan fingerprint density at radius 1 is 1.48 bits per heavy atom. The van der Waals surface area contributed by atoms with E-state index >= 15 is 0 Å². The van der Waals surface area contributed by atoms with Crippen LogP contribution in [-0.2, 0) is 14.6 Å². The van der Waals surface area contributed by atoms with Gasteiger partial charge in [-0.25, -0.2) is 13.4 Å². The molecule has 1 saturated heterocycles. The van der Waals surface area contributed by atoms with Crippen molar-refractivity contribution in [2.75, 3.05) is 18.1 Å². The summed E-state index contributed by atoms with van der Waals surface area (Å²) in [7, 11) is -3.01. The lowest BCUT2D eigenvalue weighted by atomic mass is 10.2. The second kappa shape index (κ2) is 6.22. The molecule has 6 nitrogen and oxygen atoms in total. The fourth-order valence-electron chi connectivity index (χ4n) is 3.03. The van der Waals surface area contributed by atoms with Crippen LogP contribution >= 0.6 is 22.7 Å². The molecule has 1 aliphatic heterocycles. The Balaban J connectivity index is 1.50. The van der Waals surface area contributed by atoms with E-state index in [-0.39, 0.29) is 30.1 Å². The lowest BCUT2D eigenvalue weighted by molar-refractivity contribution is -0.123. The number of nitrogens with zero attached hydrogens (tertiary/aromatic N) is 1. The van der Waals surface area contributed by atoms with Crippen LogP contribution in [0.3, 0.4) is 0 Å². The van der Waals surface area contributed by atoms with Crippen LogP contribution in [-0.4, -0.2) is 43.5 Å². The molecule has 25 heavy (non-hydrogen) atoms. The Bertz CT molecular complexity index is 1070. The van der Waals surface area contributed by atoms with E-state index in [2.05, 4.69) is 10.3 Å². The number of thiophene rings is 1. The molecule has 4 rings (SSSR count). The molecule has 1 fully saturated rings. The number of thiazole rings is 1. The van der Waals surface area contributed by atoms with E-state index in [0.717, 1.165) is 25.3 Å². The van der Waals surface area contributed by atoms with Crippen molar-refractivity contribution >= 4 is 58.7 Å². The number of carbonyl (C=O) groups excluding carboxylic acids is 1. The van der Waals surface area contributed by atoms with Gasteiger partial charge in [-0.1, -0.05) is 0 Å². The Morgan fingerprint density at radius 2 is 2.32 bits per heavy atom. The number of aromatic nitrogens is 1. The summed E-state index contributed by atoms with van der Waals surface area (Å²) in [6, 6.07) is 3.57. The maximum Gasteiger partial charge on any atom is 0.258 e. The molecule has 0 bridgehead atoms. The number of rotatable bonds is 4. The van der Waals surface area contributed by atoms with Crippen molar-refractivity contribution in [1.82, 2.24) is 10.3 Å². The molecule has 0 aliphatic carbocycles. The maximum atomic E-state index is 12.1. The van der Waals surface area contributed by atoms with E-state index in [9.17, 15) is 13.2 Å². The molecule has 132 valence electrons. The molecule has 1 unspecified atom stereocenters. The number of ether oxygens (including phenoxy) is 1. The van der Waals surface area contributed by atoms with Gasteiger partial charge in [0.1, 0.15) is 5.75 Å². The number of fused-ring (bicyclic) bond motifs is 3. The Hall–Kier alpha value is -1.71. The van der Waals surface area contributed by atoms with E-state index in [1.54, 1.807) is 22.7 Å². The monoisotopic (exact) mass is 396 g/mol. The lowest BCUT2D eigenvalue weighted by Crippen LogP contribution is -2.38. The van der Waals surface area contributed by atoms with Crippen LogP contribution in [0.2, 0.25) is 0 Å². The number of amides is 1. The van der Waals surface area contributed by atoms with Crippen molar-refractivity contribution in [3.05, 3.63) is 22.5 Å². The van der Waals surface area contributed by atoms with E-state index in [0.29, 0.717) is 12.2 Å². The summed E-state index contributed by atoms with van der Waals surface area (Å²) in [6.07, 6.45) is 0.467. The topological polar surface area (TPSA) is 85.4 Å². The molecule has 0 spiro atoms. The average molecular weight is 397 g/mol. The smallest absolute Gasteiger partial charge is 0.258 e. The van der Waals surface area contributed by atoms with Gasteiger partial charge >= 0.3 is 0 Å². The van der Waals surface area contributed by atoms with Crippen molar-refractivity contribution in [3.8, 4) is 5.75 Å². The fourth-order valence-corrected chi connectivity index (χ4v) is 6.53. The Morgan fingerprint density at radius 3 is 3.08 bits per heavy atom. The van der Waals surface area contributed by atoms with Gasteiger partial charge in [0, 0.05) is 17.5 Å². The first-order valence-electron chi connectivity index (χ1n) is 7.81. The minimum atomic E-state index is -3.01. The summed E-state index contributed by atoms with van der Waals surface area (Å²) >= 11 is 3.19. The first kappa shape index (κ1) is 16.7. The largest absolute Gasteiger partial charge is 0.483 e. The van der Waals surface area contributed by atoms with Gasteiger partial charge in [0.25, 0.3) is 5.91 Å². The van der Waals surface area contributed by atoms with E-state index < -0.39 is 9.84 Å². The highest BCUT2D eigenvalue weighted by Gasteiger charge is 2.29. The lowest BCUT2D eigenvalue weighted by Gasteiger charge is -2.12. The van der Waals surface area contributed by atoms with Gasteiger partial charge in [0.05, 0.1) is 31.4 Å². The summed E-state index contributed by atoms with van der Waals surface area (Å²) in [6.45, 7) is 1.83. The number of benzene rings is 1. The van der Waals surface area contributed by atoms with Crippen LogP contribution in [0.25, 0.3) is 20.3 Å². The molecule has 2 aromatic heterocycles. The van der Waals surface area contributed by atoms with Crippen molar-refractivity contribution in [3.63, 3.8) is 0 Å². The van der Waals surface area contributed by atoms with Crippen molar-refractivity contribution < 1.29 is 17.9 Å². The van der Waals surface area contributed by atoms with Gasteiger partial charge in [0.2, 0.25) is 0 Å². The van der Waals surface area contributed by atoms with Gasteiger partial charge in [-0.2, -0.15) is 0 Å². The number of hydrogen-bond acceptors (Lipinski definition) is 7. The zero-order chi connectivity index (χ0) is 17.6. The van der Waals surface area contributed by atoms with Gasteiger partial charge < -0.3 is 10.1 Å². The summed E-state index contributed by atoms with van der Waals surface area (Å²) in [5, 5.41) is 6.65. The molecule has 9 heteroatoms. The molecule has 3 aromatic rings. The first-order valence-corrected chi connectivity index (χ1v) is 11.3. The van der Waals surface area contributed by atoms with E-state index in [1.165, 1.54) is 0 Å². The van der Waals surface area contributed by atoms with Crippen molar-refractivity contribution in [2.24, 2.45) is 0 Å². The standard InChI is InChI=1S/C16H16N2O4S3/c1-9-17-15-13(24-9)6-12(11-2-4-23-16(11)15)22-7-14(19)18-10-3-5-25(20,21)8-10/h2,4,6,10H,3,5,7-8H2,1H3,(H,18,19). The van der Waals surface area contributed by atoms with Crippen LogP contribution in [0, 0.1) is 6.92 Å². The Labute approximate surface area is 152 Å². The SMILES string of the molecule is Cc1nc2c(cc(OCC(=O)NC3CCS(=O)(=O)C3)c3ccsc32)s1. The Kier molecular flexibility index (Phi) is 4.17. The second-order valence-electron chi connectivity index (χ2n) is 6.07. The number of hydrogen-bond donors (Lipinski definition) is 1. The van der Waals surface area contributed by atoms with Crippen LogP contribution in [0.15, 0.2) is 17.5 Å². The molecule has 0 saturated carbocycles. The van der Waals surface area contributed by atoms with Crippen LogP contribution < -0.4 is 10.1 Å². The highest BCUT2D eigenvalue weighted by Crippen LogP contribution is 2.38. The molecule has 1 atom stereocenters. The van der Waals surface area contributed by atoms with Crippen LogP contribution in [0.4, 0.5) is 0 Å². The molecular formula is C16H16N2O4S3. The van der Waals surface area contributed by atoms with Crippen LogP contribution in [0.1, 0.15) is 11.4 Å². The predicted molar refractivity (Wildman–Crippen MR) is 100 cm³/mol. The van der Waals surface area contributed by atoms with Gasteiger partial charge in [-0.3, -0.25) is 4.79 Å². The summed E-state index contributed by atoms with van der Waals surface area (Å²) in [4.78, 5) is 16.7. The van der Waals surface area contributed by atoms with E-state index in [4.69, 9.17) is 4.74 Å². The summed E-state index contributed by atoms with van der Waals surface area (Å²) < 4.78 is 30.7. The molecule has 1 amide bonds. The highest BCUT2D eigenvalue weighted by molar-refractivity contribution is 7.91. The minimum absolute atomic E-state index is 0.0135. The quantitative estimate of drug-likeness (QED) is 0.732. The number of carbonyl (C=O) groups is 1. The molecule has 1 aliphatic rings. The third kappa shape index (κ3) is 3.36. The molecular weight excluding hydrogens is 380 g/mol. The fraction of sp³-hybridized carbons (Fsp3) is 0.375. The van der Waals surface area contributed by atoms with Gasteiger partial charge in [0.15, 0.2) is 16.4 Å².